The Bertz CT molecular complexity index is 961. The maximum absolute atomic E-state index is 10.3. The molecule has 0 radical (unpaired) electrons. The molecule has 8 nitrogen and oxygen atoms in total. The summed E-state index contributed by atoms with van der Waals surface area (Å²) in [6.07, 6.45) is 5.30. The third-order valence-electron chi connectivity index (χ3n) is 5.37. The molecule has 2 aromatic rings. The zero-order valence-corrected chi connectivity index (χ0v) is 17.1. The van der Waals surface area contributed by atoms with E-state index in [9.17, 15) is 5.11 Å². The third kappa shape index (κ3) is 3.00. The van der Waals surface area contributed by atoms with Crippen LogP contribution >= 0.6 is 11.6 Å². The number of hydrogen-bond acceptors (Lipinski definition) is 6. The van der Waals surface area contributed by atoms with E-state index >= 15 is 0 Å². The van der Waals surface area contributed by atoms with Gasteiger partial charge in [-0.15, -0.1) is 10.2 Å². The number of halogens is 1. The Kier molecular flexibility index (Phi) is 4.91. The molecule has 2 unspecified atom stereocenters. The summed E-state index contributed by atoms with van der Waals surface area (Å²) < 4.78 is 15.0. The summed E-state index contributed by atoms with van der Waals surface area (Å²) in [5, 5.41) is 19.8. The first-order valence-corrected chi connectivity index (χ1v) is 9.62. The second-order valence-corrected chi connectivity index (χ2v) is 7.98. The molecule has 150 valence electrons. The van der Waals surface area contributed by atoms with E-state index in [0.29, 0.717) is 36.1 Å². The van der Waals surface area contributed by atoms with Crippen LogP contribution in [0.3, 0.4) is 0 Å². The Morgan fingerprint density at radius 3 is 2.86 bits per heavy atom. The summed E-state index contributed by atoms with van der Waals surface area (Å²) in [6.45, 7) is 6.86. The molecule has 2 atom stereocenters. The molecule has 0 saturated heterocycles. The number of methoxy groups -OCH3 is 1. The van der Waals surface area contributed by atoms with Gasteiger partial charge in [0.25, 0.3) is 0 Å². The van der Waals surface area contributed by atoms with Crippen LogP contribution in [0.2, 0.25) is 0 Å². The second-order valence-electron chi connectivity index (χ2n) is 7.55. The molecular weight excluding hydrogens is 382 g/mol. The minimum absolute atomic E-state index is 0.0756. The van der Waals surface area contributed by atoms with Gasteiger partial charge in [-0.1, -0.05) is 17.7 Å². The quantitative estimate of drug-likeness (QED) is 0.769. The number of ether oxygens (including phenoxy) is 2. The maximum atomic E-state index is 10.3. The van der Waals surface area contributed by atoms with Crippen LogP contribution in [-0.2, 0) is 28.2 Å². The van der Waals surface area contributed by atoms with Crippen LogP contribution in [0.1, 0.15) is 56.5 Å². The van der Waals surface area contributed by atoms with Gasteiger partial charge < -0.3 is 23.7 Å². The highest BCUT2D eigenvalue weighted by molar-refractivity contribution is 6.31. The number of aromatic nitrogens is 5. The van der Waals surface area contributed by atoms with E-state index in [1.54, 1.807) is 6.33 Å². The highest BCUT2D eigenvalue weighted by atomic mass is 35.5. The number of allylic oxidation sites excluding steroid dienone is 4. The number of aliphatic hydroxyl groups is 1. The molecule has 4 rings (SSSR count). The van der Waals surface area contributed by atoms with Crippen molar-refractivity contribution in [3.8, 4) is 0 Å². The van der Waals surface area contributed by atoms with Crippen LogP contribution < -0.4 is 0 Å². The molecule has 0 saturated carbocycles. The normalized spacial score (nSPS) is 22.1. The van der Waals surface area contributed by atoms with Crippen molar-refractivity contribution in [1.29, 1.82) is 0 Å². The minimum atomic E-state index is -1.11. The van der Waals surface area contributed by atoms with E-state index in [1.807, 2.05) is 30.6 Å². The lowest BCUT2D eigenvalue weighted by molar-refractivity contribution is -0.0803. The first-order valence-electron chi connectivity index (χ1n) is 9.24. The number of rotatable bonds is 5. The van der Waals surface area contributed by atoms with Gasteiger partial charge in [-0.25, -0.2) is 4.98 Å². The molecule has 0 fully saturated rings. The van der Waals surface area contributed by atoms with E-state index < -0.39 is 11.8 Å². The number of hydrogen-bond donors (Lipinski definition) is 1. The Labute approximate surface area is 168 Å². The van der Waals surface area contributed by atoms with Crippen molar-refractivity contribution in [2.24, 2.45) is 0 Å². The number of fused-ring (bicyclic) bond motifs is 5. The molecule has 0 bridgehead atoms. The lowest BCUT2D eigenvalue weighted by Crippen LogP contribution is -2.32. The van der Waals surface area contributed by atoms with Gasteiger partial charge >= 0.3 is 0 Å². The number of imidazole rings is 1. The van der Waals surface area contributed by atoms with Crippen molar-refractivity contribution >= 4 is 17.2 Å². The molecule has 0 aromatic carbocycles. The SMILES string of the molecule is COC(O)c1ncn2c1Cn1c(COC(C)C)nnc1C1=CC(Cl)=CCC12C. The molecule has 2 aliphatic rings. The summed E-state index contributed by atoms with van der Waals surface area (Å²) in [6, 6.07) is 0. The average molecular weight is 406 g/mol. The molecule has 0 amide bonds. The van der Waals surface area contributed by atoms with Gasteiger partial charge in [-0.05, 0) is 33.3 Å². The average Bonchev–Trinajstić information content (AvgIpc) is 3.24. The molecule has 1 aliphatic heterocycles. The maximum Gasteiger partial charge on any atom is 0.200 e. The molecule has 0 spiro atoms. The molecule has 28 heavy (non-hydrogen) atoms. The van der Waals surface area contributed by atoms with Gasteiger partial charge in [0.1, 0.15) is 12.3 Å². The van der Waals surface area contributed by atoms with Gasteiger partial charge in [0.15, 0.2) is 17.9 Å². The van der Waals surface area contributed by atoms with Gasteiger partial charge in [0.2, 0.25) is 0 Å². The number of aliphatic hydroxyl groups excluding tert-OH is 1. The fourth-order valence-corrected chi connectivity index (χ4v) is 3.96. The molecule has 9 heteroatoms. The monoisotopic (exact) mass is 405 g/mol. The van der Waals surface area contributed by atoms with Gasteiger partial charge in [-0.2, -0.15) is 0 Å². The first-order chi connectivity index (χ1) is 13.3. The number of nitrogens with zero attached hydrogens (tertiary/aromatic N) is 5. The van der Waals surface area contributed by atoms with Crippen LogP contribution in [0.15, 0.2) is 23.5 Å². The highest BCUT2D eigenvalue weighted by Gasteiger charge is 2.41. The zero-order chi connectivity index (χ0) is 20.1. The molecule has 1 aliphatic carbocycles. The fourth-order valence-electron chi connectivity index (χ4n) is 3.78. The summed E-state index contributed by atoms with van der Waals surface area (Å²) in [7, 11) is 1.45. The predicted molar refractivity (Wildman–Crippen MR) is 103 cm³/mol. The van der Waals surface area contributed by atoms with Gasteiger partial charge in [0, 0.05) is 17.7 Å². The van der Waals surface area contributed by atoms with Crippen molar-refractivity contribution in [2.45, 2.75) is 58.3 Å². The fraction of sp³-hybridized carbons (Fsp3) is 0.526. The van der Waals surface area contributed by atoms with E-state index in [-0.39, 0.29) is 6.10 Å². The van der Waals surface area contributed by atoms with E-state index in [0.717, 1.165) is 17.1 Å². The van der Waals surface area contributed by atoms with Crippen LogP contribution in [0.4, 0.5) is 0 Å². The lowest BCUT2D eigenvalue weighted by atomic mass is 9.84. The van der Waals surface area contributed by atoms with E-state index in [4.69, 9.17) is 21.1 Å². The highest BCUT2D eigenvalue weighted by Crippen LogP contribution is 2.45. The molecule has 1 N–H and O–H groups in total. The van der Waals surface area contributed by atoms with Crippen LogP contribution in [0, 0.1) is 0 Å². The minimum Gasteiger partial charge on any atom is -0.371 e. The Hall–Kier alpha value is -2.00. The van der Waals surface area contributed by atoms with E-state index in [2.05, 4.69) is 26.7 Å². The van der Waals surface area contributed by atoms with Crippen LogP contribution in [0.25, 0.3) is 5.57 Å². The van der Waals surface area contributed by atoms with Gasteiger partial charge in [-0.3, -0.25) is 0 Å². The van der Waals surface area contributed by atoms with Crippen molar-refractivity contribution in [2.75, 3.05) is 7.11 Å². The summed E-state index contributed by atoms with van der Waals surface area (Å²) in [4.78, 5) is 4.45. The second kappa shape index (κ2) is 7.11. The van der Waals surface area contributed by atoms with Crippen molar-refractivity contribution < 1.29 is 14.6 Å². The van der Waals surface area contributed by atoms with Crippen molar-refractivity contribution in [3.05, 3.63) is 46.5 Å². The largest absolute Gasteiger partial charge is 0.371 e. The lowest BCUT2D eigenvalue weighted by Gasteiger charge is -2.34. The standard InChI is InChI=1S/C19H24ClN5O3/c1-11(2)28-9-15-22-23-17-13-7-12(20)5-6-19(13,3)25-10-21-16(18(26)27-4)14(25)8-24(15)17/h5,7,10-11,18,26H,6,8-9H2,1-4H3. The first kappa shape index (κ1) is 19.3. The Balaban J connectivity index is 1.91. The van der Waals surface area contributed by atoms with Crippen molar-refractivity contribution in [3.63, 3.8) is 0 Å². The molecule has 3 heterocycles. The third-order valence-corrected chi connectivity index (χ3v) is 5.63. The summed E-state index contributed by atoms with van der Waals surface area (Å²) in [5.74, 6) is 1.46. The predicted octanol–water partition coefficient (Wildman–Crippen LogP) is 2.72. The summed E-state index contributed by atoms with van der Waals surface area (Å²) >= 11 is 6.35. The molecule has 2 aromatic heterocycles. The Morgan fingerprint density at radius 1 is 1.36 bits per heavy atom. The van der Waals surface area contributed by atoms with Crippen LogP contribution in [-0.4, -0.2) is 42.6 Å². The van der Waals surface area contributed by atoms with Crippen LogP contribution in [0.5, 0.6) is 0 Å². The molecular formula is C19H24ClN5O3. The van der Waals surface area contributed by atoms with Gasteiger partial charge in [0.05, 0.1) is 30.2 Å². The topological polar surface area (TPSA) is 87.2 Å². The van der Waals surface area contributed by atoms with E-state index in [1.165, 1.54) is 7.11 Å². The summed E-state index contributed by atoms with van der Waals surface area (Å²) in [5.41, 5.74) is 1.83. The zero-order valence-electron chi connectivity index (χ0n) is 16.4. The smallest absolute Gasteiger partial charge is 0.200 e. The van der Waals surface area contributed by atoms with Crippen molar-refractivity contribution in [1.82, 2.24) is 24.3 Å². The Morgan fingerprint density at radius 2 is 2.14 bits per heavy atom.